The molecule has 2 atom stereocenters. The van der Waals surface area contributed by atoms with Gasteiger partial charge in [-0.05, 0) is 60.7 Å². The van der Waals surface area contributed by atoms with Crippen LogP contribution in [0, 0.1) is 0 Å². The molecular formula is C25H22N2O2. The van der Waals surface area contributed by atoms with Crippen molar-refractivity contribution in [3.05, 3.63) is 101 Å². The van der Waals surface area contributed by atoms with E-state index in [2.05, 4.69) is 42.6 Å². The van der Waals surface area contributed by atoms with E-state index in [1.54, 1.807) is 24.3 Å². The molecule has 144 valence electrons. The van der Waals surface area contributed by atoms with E-state index in [1.807, 2.05) is 18.2 Å². The first-order valence-electron chi connectivity index (χ1n) is 10.0. The number of carbonyl (C=O) groups excluding carboxylic acids is 2. The van der Waals surface area contributed by atoms with Crippen LogP contribution < -0.4 is 10.2 Å². The first kappa shape index (κ1) is 17.8. The molecule has 0 spiro atoms. The van der Waals surface area contributed by atoms with Crippen LogP contribution in [0.15, 0.2) is 72.8 Å². The Hall–Kier alpha value is -3.24. The van der Waals surface area contributed by atoms with Crippen LogP contribution in [0.25, 0.3) is 0 Å². The Balaban J connectivity index is 1.35. The second-order valence-electron chi connectivity index (χ2n) is 7.85. The van der Waals surface area contributed by atoms with E-state index in [4.69, 9.17) is 0 Å². The molecule has 1 N–H and O–H groups in total. The van der Waals surface area contributed by atoms with Gasteiger partial charge in [-0.25, -0.2) is 4.90 Å². The van der Waals surface area contributed by atoms with Crippen molar-refractivity contribution in [2.24, 2.45) is 0 Å². The normalized spacial score (nSPS) is 18.7. The number of amides is 2. The van der Waals surface area contributed by atoms with E-state index in [1.165, 1.54) is 21.6 Å². The number of anilines is 1. The second kappa shape index (κ2) is 6.98. The van der Waals surface area contributed by atoms with Crippen molar-refractivity contribution in [3.8, 4) is 0 Å². The largest absolute Gasteiger partial charge is 0.307 e. The zero-order valence-corrected chi connectivity index (χ0v) is 16.3. The molecule has 0 fully saturated rings. The Morgan fingerprint density at radius 1 is 0.828 bits per heavy atom. The number of nitrogens with one attached hydrogen (secondary N) is 1. The number of fused-ring (bicyclic) bond motifs is 2. The standard InChI is InChI=1S/C25H22N2O2/c1-16(17-7-3-2-4-8-17)26-20-13-18-11-12-21(15-19(18)14-20)27-24(28)22-9-5-6-10-23(22)25(27)29/h2-12,15-16,20,26H,13-14H2,1H3. The smallest absolute Gasteiger partial charge is 0.266 e. The molecule has 2 unspecified atom stereocenters. The molecule has 0 saturated heterocycles. The summed E-state index contributed by atoms with van der Waals surface area (Å²) in [6.45, 7) is 2.18. The highest BCUT2D eigenvalue weighted by Gasteiger charge is 2.37. The summed E-state index contributed by atoms with van der Waals surface area (Å²) < 4.78 is 0. The van der Waals surface area contributed by atoms with E-state index < -0.39 is 0 Å². The predicted molar refractivity (Wildman–Crippen MR) is 113 cm³/mol. The van der Waals surface area contributed by atoms with E-state index in [-0.39, 0.29) is 17.9 Å². The van der Waals surface area contributed by atoms with Crippen LogP contribution in [0.3, 0.4) is 0 Å². The van der Waals surface area contributed by atoms with Gasteiger partial charge in [0.2, 0.25) is 0 Å². The van der Waals surface area contributed by atoms with Gasteiger partial charge in [0.15, 0.2) is 0 Å². The molecule has 0 saturated carbocycles. The van der Waals surface area contributed by atoms with E-state index in [9.17, 15) is 9.59 Å². The number of nitrogens with zero attached hydrogens (tertiary/aromatic N) is 1. The number of hydrogen-bond acceptors (Lipinski definition) is 3. The van der Waals surface area contributed by atoms with Gasteiger partial charge in [0.1, 0.15) is 0 Å². The third-order valence-electron chi connectivity index (χ3n) is 5.96. The zero-order valence-electron chi connectivity index (χ0n) is 16.3. The summed E-state index contributed by atoms with van der Waals surface area (Å²) in [5, 5.41) is 3.72. The van der Waals surface area contributed by atoms with Crippen LogP contribution in [-0.4, -0.2) is 17.9 Å². The fraction of sp³-hybridized carbons (Fsp3) is 0.200. The molecule has 4 nitrogen and oxygen atoms in total. The summed E-state index contributed by atoms with van der Waals surface area (Å²) in [5.74, 6) is -0.480. The molecule has 5 rings (SSSR count). The highest BCUT2D eigenvalue weighted by molar-refractivity contribution is 6.34. The van der Waals surface area contributed by atoms with Gasteiger partial charge >= 0.3 is 0 Å². The Labute approximate surface area is 170 Å². The van der Waals surface area contributed by atoms with Crippen LogP contribution in [0.4, 0.5) is 5.69 Å². The summed E-state index contributed by atoms with van der Waals surface area (Å²) in [7, 11) is 0. The van der Waals surface area contributed by atoms with Gasteiger partial charge in [-0.2, -0.15) is 0 Å². The van der Waals surface area contributed by atoms with E-state index >= 15 is 0 Å². The maximum absolute atomic E-state index is 12.8. The topological polar surface area (TPSA) is 49.4 Å². The number of carbonyl (C=O) groups is 2. The van der Waals surface area contributed by atoms with Gasteiger partial charge in [-0.15, -0.1) is 0 Å². The predicted octanol–water partition coefficient (Wildman–Crippen LogP) is 4.31. The molecule has 0 bridgehead atoms. The van der Waals surface area contributed by atoms with Gasteiger partial charge in [0, 0.05) is 12.1 Å². The lowest BCUT2D eigenvalue weighted by molar-refractivity contribution is 0.0926. The maximum Gasteiger partial charge on any atom is 0.266 e. The molecule has 3 aromatic carbocycles. The van der Waals surface area contributed by atoms with Gasteiger partial charge in [-0.1, -0.05) is 48.5 Å². The molecule has 2 amide bonds. The van der Waals surface area contributed by atoms with Crippen molar-refractivity contribution >= 4 is 17.5 Å². The molecule has 2 aliphatic rings. The Kier molecular flexibility index (Phi) is 4.29. The third kappa shape index (κ3) is 3.06. The van der Waals surface area contributed by atoms with Crippen molar-refractivity contribution in [2.45, 2.75) is 31.8 Å². The number of imide groups is 1. The first-order chi connectivity index (χ1) is 14.1. The first-order valence-corrected chi connectivity index (χ1v) is 10.0. The molecular weight excluding hydrogens is 360 g/mol. The zero-order chi connectivity index (χ0) is 20.0. The van der Waals surface area contributed by atoms with Crippen LogP contribution >= 0.6 is 0 Å². The molecule has 1 heterocycles. The fourth-order valence-corrected chi connectivity index (χ4v) is 4.48. The lowest BCUT2D eigenvalue weighted by atomic mass is 10.1. The SMILES string of the molecule is CC(NC1Cc2ccc(N3C(=O)c4ccccc4C3=O)cc2C1)c1ccccc1. The molecule has 0 aromatic heterocycles. The third-order valence-corrected chi connectivity index (χ3v) is 5.96. The molecule has 29 heavy (non-hydrogen) atoms. The number of benzene rings is 3. The van der Waals surface area contributed by atoms with Gasteiger partial charge in [0.05, 0.1) is 16.8 Å². The number of rotatable bonds is 4. The minimum Gasteiger partial charge on any atom is -0.307 e. The Morgan fingerprint density at radius 2 is 1.45 bits per heavy atom. The molecule has 0 radical (unpaired) electrons. The van der Waals surface area contributed by atoms with Crippen LogP contribution in [0.1, 0.15) is 50.4 Å². The average molecular weight is 382 g/mol. The molecule has 1 aliphatic heterocycles. The van der Waals surface area contributed by atoms with Crippen molar-refractivity contribution in [1.82, 2.24) is 5.32 Å². The Bertz CT molecular complexity index is 1070. The molecule has 4 heteroatoms. The summed E-state index contributed by atoms with van der Waals surface area (Å²) in [6, 6.07) is 24.0. The van der Waals surface area contributed by atoms with Gasteiger partial charge < -0.3 is 5.32 Å². The van der Waals surface area contributed by atoms with E-state index in [0.29, 0.717) is 22.9 Å². The minimum absolute atomic E-state index is 0.240. The minimum atomic E-state index is -0.240. The van der Waals surface area contributed by atoms with Crippen molar-refractivity contribution in [2.75, 3.05) is 4.90 Å². The highest BCUT2D eigenvalue weighted by atomic mass is 16.2. The van der Waals surface area contributed by atoms with Crippen LogP contribution in [0.2, 0.25) is 0 Å². The molecule has 3 aromatic rings. The van der Waals surface area contributed by atoms with Crippen LogP contribution in [-0.2, 0) is 12.8 Å². The van der Waals surface area contributed by atoms with Crippen molar-refractivity contribution in [3.63, 3.8) is 0 Å². The summed E-state index contributed by atoms with van der Waals surface area (Å²) in [4.78, 5) is 26.8. The van der Waals surface area contributed by atoms with Crippen molar-refractivity contribution < 1.29 is 9.59 Å². The highest BCUT2D eigenvalue weighted by Crippen LogP contribution is 2.32. The molecule has 1 aliphatic carbocycles. The summed E-state index contributed by atoms with van der Waals surface area (Å²) >= 11 is 0. The quantitative estimate of drug-likeness (QED) is 0.684. The number of hydrogen-bond donors (Lipinski definition) is 1. The monoisotopic (exact) mass is 382 g/mol. The summed E-state index contributed by atoms with van der Waals surface area (Å²) in [6.07, 6.45) is 1.85. The van der Waals surface area contributed by atoms with Gasteiger partial charge in [-0.3, -0.25) is 9.59 Å². The second-order valence-corrected chi connectivity index (χ2v) is 7.85. The Morgan fingerprint density at radius 3 is 2.14 bits per heavy atom. The lowest BCUT2D eigenvalue weighted by Gasteiger charge is -2.19. The summed E-state index contributed by atoms with van der Waals surface area (Å²) in [5.41, 5.74) is 5.38. The average Bonchev–Trinajstić information content (AvgIpc) is 3.26. The van der Waals surface area contributed by atoms with Crippen molar-refractivity contribution in [1.29, 1.82) is 0 Å². The fourth-order valence-electron chi connectivity index (χ4n) is 4.48. The lowest BCUT2D eigenvalue weighted by Crippen LogP contribution is -2.32. The van der Waals surface area contributed by atoms with Gasteiger partial charge in [0.25, 0.3) is 11.8 Å². The van der Waals surface area contributed by atoms with Crippen LogP contribution in [0.5, 0.6) is 0 Å². The van der Waals surface area contributed by atoms with E-state index in [0.717, 1.165) is 12.8 Å². The maximum atomic E-state index is 12.8.